The summed E-state index contributed by atoms with van der Waals surface area (Å²) in [5, 5.41) is 6.67. The number of benzene rings is 1. The van der Waals surface area contributed by atoms with E-state index in [1.54, 1.807) is 36.3 Å². The molecule has 1 fully saturated rings. The lowest BCUT2D eigenvalue weighted by Crippen LogP contribution is -2.49. The number of nitrogens with zero attached hydrogens (tertiary/aromatic N) is 3. The zero-order valence-electron chi connectivity index (χ0n) is 19.6. The molecule has 4 heterocycles. The first-order chi connectivity index (χ1) is 17.0. The lowest BCUT2D eigenvalue weighted by Gasteiger charge is -2.32. The van der Waals surface area contributed by atoms with Gasteiger partial charge in [0.15, 0.2) is 0 Å². The van der Waals surface area contributed by atoms with Crippen molar-refractivity contribution in [2.45, 2.75) is 18.9 Å². The molecule has 2 aliphatic rings. The number of aromatic nitrogens is 1. The van der Waals surface area contributed by atoms with Gasteiger partial charge in [-0.2, -0.15) is 0 Å². The Labute approximate surface area is 207 Å². The number of hydrogen-bond donors (Lipinski definition) is 2. The van der Waals surface area contributed by atoms with Crippen molar-refractivity contribution in [2.24, 2.45) is 0 Å². The SMILES string of the molecule is C=CC(=O)N1CCCC(NC(=O)c2sc3nccc4c3c2NC(=O)N4c2ccccc2)C1.COC. The minimum Gasteiger partial charge on any atom is -0.388 e. The number of nitrogens with one attached hydrogen (secondary N) is 2. The quantitative estimate of drug-likeness (QED) is 0.532. The van der Waals surface area contributed by atoms with E-state index in [2.05, 4.69) is 26.9 Å². The number of hydrogen-bond acceptors (Lipinski definition) is 6. The van der Waals surface area contributed by atoms with Crippen LogP contribution in [0.15, 0.2) is 55.3 Å². The molecule has 2 N–H and O–H groups in total. The fraction of sp³-hybridized carbons (Fsp3) is 0.280. The van der Waals surface area contributed by atoms with E-state index in [0.717, 1.165) is 23.9 Å². The van der Waals surface area contributed by atoms with Crippen molar-refractivity contribution in [1.82, 2.24) is 15.2 Å². The van der Waals surface area contributed by atoms with Crippen LogP contribution in [0.1, 0.15) is 22.5 Å². The number of amides is 4. The van der Waals surface area contributed by atoms with Crippen LogP contribution in [0, 0.1) is 0 Å². The summed E-state index contributed by atoms with van der Waals surface area (Å²) in [5.41, 5.74) is 1.91. The average Bonchev–Trinajstić information content (AvgIpc) is 3.24. The van der Waals surface area contributed by atoms with Crippen LogP contribution in [-0.4, -0.2) is 61.1 Å². The molecule has 1 saturated heterocycles. The van der Waals surface area contributed by atoms with Gasteiger partial charge in [0, 0.05) is 39.5 Å². The van der Waals surface area contributed by atoms with Gasteiger partial charge in [-0.1, -0.05) is 24.8 Å². The predicted octanol–water partition coefficient (Wildman–Crippen LogP) is 4.15. The summed E-state index contributed by atoms with van der Waals surface area (Å²) >= 11 is 1.25. The lowest BCUT2D eigenvalue weighted by atomic mass is 10.1. The highest BCUT2D eigenvalue weighted by atomic mass is 32.1. The molecule has 35 heavy (non-hydrogen) atoms. The second kappa shape index (κ2) is 10.7. The average molecular weight is 494 g/mol. The normalized spacial score (nSPS) is 16.7. The maximum absolute atomic E-state index is 13.2. The Morgan fingerprint density at radius 3 is 2.71 bits per heavy atom. The van der Waals surface area contributed by atoms with Gasteiger partial charge in [-0.25, -0.2) is 9.78 Å². The van der Waals surface area contributed by atoms with Crippen molar-refractivity contribution in [2.75, 3.05) is 37.5 Å². The zero-order chi connectivity index (χ0) is 24.9. The van der Waals surface area contributed by atoms with Crippen LogP contribution in [0.2, 0.25) is 0 Å². The predicted molar refractivity (Wildman–Crippen MR) is 137 cm³/mol. The number of ether oxygens (including phenoxy) is 1. The molecule has 3 aromatic rings. The summed E-state index contributed by atoms with van der Waals surface area (Å²) in [7, 11) is 3.25. The van der Waals surface area contributed by atoms with Crippen LogP contribution in [-0.2, 0) is 9.53 Å². The number of carbonyl (C=O) groups is 3. The van der Waals surface area contributed by atoms with Crippen LogP contribution < -0.4 is 15.5 Å². The third kappa shape index (κ3) is 4.89. The Bertz CT molecular complexity index is 1260. The largest absolute Gasteiger partial charge is 0.388 e. The highest BCUT2D eigenvalue weighted by molar-refractivity contribution is 7.21. The number of urea groups is 1. The van der Waals surface area contributed by atoms with Crippen molar-refractivity contribution < 1.29 is 19.1 Å². The number of carbonyl (C=O) groups excluding carboxylic acids is 3. The number of thiophene rings is 1. The standard InChI is InChI=1S/C23H21N5O3S.C2H6O/c1-2-17(29)27-12-6-7-14(13-27)25-21(30)20-19-18-16(10-11-24-22(18)32-20)28(23(31)26-19)15-8-4-3-5-9-15;1-3-2/h2-5,8-11,14H,1,6-7,12-13H2,(H,25,30)(H,26,31);1-2H3. The van der Waals surface area contributed by atoms with Gasteiger partial charge in [0.05, 0.1) is 22.4 Å². The smallest absolute Gasteiger partial charge is 0.331 e. The van der Waals surface area contributed by atoms with E-state index in [4.69, 9.17) is 0 Å². The number of piperidine rings is 1. The third-order valence-electron chi connectivity index (χ3n) is 5.71. The summed E-state index contributed by atoms with van der Waals surface area (Å²) in [5.74, 6) is -0.414. The molecule has 0 saturated carbocycles. The highest BCUT2D eigenvalue weighted by Crippen LogP contribution is 2.45. The van der Waals surface area contributed by atoms with E-state index in [0.29, 0.717) is 34.2 Å². The molecular weight excluding hydrogens is 466 g/mol. The van der Waals surface area contributed by atoms with Gasteiger partial charge in [-0.05, 0) is 37.1 Å². The van der Waals surface area contributed by atoms with Crippen LogP contribution in [0.25, 0.3) is 10.2 Å². The summed E-state index contributed by atoms with van der Waals surface area (Å²) < 4.78 is 4.25. The first-order valence-corrected chi connectivity index (χ1v) is 12.0. The van der Waals surface area contributed by atoms with Crippen LogP contribution in [0.4, 0.5) is 21.9 Å². The summed E-state index contributed by atoms with van der Waals surface area (Å²) in [6.07, 6.45) is 4.53. The second-order valence-corrected chi connectivity index (χ2v) is 9.13. The molecule has 1 unspecified atom stereocenters. The van der Waals surface area contributed by atoms with Gasteiger partial charge < -0.3 is 20.3 Å². The molecule has 1 aromatic carbocycles. The van der Waals surface area contributed by atoms with E-state index in [-0.39, 0.29) is 23.9 Å². The molecular formula is C25H27N5O4S. The second-order valence-electron chi connectivity index (χ2n) is 8.13. The molecule has 182 valence electrons. The minimum atomic E-state index is -0.330. The Hall–Kier alpha value is -3.76. The van der Waals surface area contributed by atoms with Crippen molar-refractivity contribution in [3.8, 4) is 0 Å². The van der Waals surface area contributed by atoms with E-state index in [1.165, 1.54) is 17.4 Å². The number of anilines is 3. The van der Waals surface area contributed by atoms with Crippen molar-refractivity contribution in [1.29, 1.82) is 0 Å². The Balaban J connectivity index is 0.000000917. The van der Waals surface area contributed by atoms with Crippen LogP contribution in [0.3, 0.4) is 0 Å². The van der Waals surface area contributed by atoms with Crippen LogP contribution in [0.5, 0.6) is 0 Å². The summed E-state index contributed by atoms with van der Waals surface area (Å²) in [4.78, 5) is 47.0. The number of methoxy groups -OCH3 is 1. The first kappa shape index (κ1) is 24.4. The number of pyridine rings is 1. The van der Waals surface area contributed by atoms with Gasteiger partial charge in [-0.3, -0.25) is 14.5 Å². The molecule has 1 atom stereocenters. The van der Waals surface area contributed by atoms with E-state index in [9.17, 15) is 14.4 Å². The third-order valence-corrected chi connectivity index (χ3v) is 6.81. The fourth-order valence-electron chi connectivity index (χ4n) is 4.25. The molecule has 0 aliphatic carbocycles. The van der Waals surface area contributed by atoms with Crippen molar-refractivity contribution >= 4 is 56.5 Å². The summed E-state index contributed by atoms with van der Waals surface area (Å²) in [6.45, 7) is 4.63. The van der Waals surface area contributed by atoms with Crippen molar-refractivity contribution in [3.63, 3.8) is 0 Å². The van der Waals surface area contributed by atoms with Gasteiger partial charge >= 0.3 is 6.03 Å². The molecule has 10 heteroatoms. The van der Waals surface area contributed by atoms with E-state index in [1.807, 2.05) is 30.3 Å². The molecule has 0 radical (unpaired) electrons. The maximum Gasteiger partial charge on any atom is 0.331 e. The first-order valence-electron chi connectivity index (χ1n) is 11.2. The lowest BCUT2D eigenvalue weighted by molar-refractivity contribution is -0.127. The maximum atomic E-state index is 13.2. The van der Waals surface area contributed by atoms with Crippen molar-refractivity contribution in [3.05, 3.63) is 60.1 Å². The Morgan fingerprint density at radius 2 is 2.00 bits per heavy atom. The summed E-state index contributed by atoms with van der Waals surface area (Å²) in [6, 6.07) is 10.6. The van der Waals surface area contributed by atoms with E-state index < -0.39 is 0 Å². The fourth-order valence-corrected chi connectivity index (χ4v) is 5.28. The number of para-hydroxylation sites is 1. The van der Waals surface area contributed by atoms with Gasteiger partial charge in [0.1, 0.15) is 9.71 Å². The van der Waals surface area contributed by atoms with Crippen LogP contribution >= 0.6 is 11.3 Å². The molecule has 4 amide bonds. The minimum absolute atomic E-state index is 0.136. The molecule has 0 spiro atoms. The number of likely N-dealkylation sites (tertiary alicyclic amines) is 1. The Kier molecular flexibility index (Phi) is 7.42. The molecule has 9 nitrogen and oxygen atoms in total. The molecule has 2 aromatic heterocycles. The van der Waals surface area contributed by atoms with Gasteiger partial charge in [0.25, 0.3) is 5.91 Å². The highest BCUT2D eigenvalue weighted by Gasteiger charge is 2.33. The number of rotatable bonds is 4. The molecule has 5 rings (SSSR count). The zero-order valence-corrected chi connectivity index (χ0v) is 20.4. The molecule has 2 aliphatic heterocycles. The van der Waals surface area contributed by atoms with Gasteiger partial charge in [0.2, 0.25) is 5.91 Å². The molecule has 0 bridgehead atoms. The topological polar surface area (TPSA) is 104 Å². The van der Waals surface area contributed by atoms with E-state index >= 15 is 0 Å². The monoisotopic (exact) mass is 493 g/mol. The van der Waals surface area contributed by atoms with Gasteiger partial charge in [-0.15, -0.1) is 11.3 Å². The Morgan fingerprint density at radius 1 is 1.26 bits per heavy atom.